The number of rotatable bonds is 3. The minimum Gasteiger partial charge on any atom is -0.481 e. The fraction of sp³-hybridized carbons (Fsp3) is 0.400. The molecule has 0 bridgehead atoms. The zero-order valence-electron chi connectivity index (χ0n) is 10.7. The van der Waals surface area contributed by atoms with Crippen molar-refractivity contribution >= 4 is 5.97 Å². The molecule has 0 amide bonds. The predicted octanol–water partition coefficient (Wildman–Crippen LogP) is 2.83. The Morgan fingerprint density at radius 1 is 1.37 bits per heavy atom. The van der Waals surface area contributed by atoms with Gasteiger partial charge in [-0.05, 0) is 37.0 Å². The number of carboxylic acids is 1. The summed E-state index contributed by atoms with van der Waals surface area (Å²) in [6, 6.07) is 4.41. The van der Waals surface area contributed by atoms with Crippen LogP contribution in [0.1, 0.15) is 30.1 Å². The lowest BCUT2D eigenvalue weighted by atomic mass is 9.77. The molecule has 1 aromatic rings. The lowest BCUT2D eigenvalue weighted by molar-refractivity contribution is -0.145. The quantitative estimate of drug-likeness (QED) is 0.825. The van der Waals surface area contributed by atoms with Gasteiger partial charge in [-0.25, -0.2) is 4.39 Å². The van der Waals surface area contributed by atoms with Crippen molar-refractivity contribution < 1.29 is 19.4 Å². The van der Waals surface area contributed by atoms with Gasteiger partial charge in [-0.15, -0.1) is 0 Å². The molecule has 2 rings (SSSR count). The Morgan fingerprint density at radius 3 is 2.68 bits per heavy atom. The molecular weight excluding hydrogens is 247 g/mol. The molecule has 0 saturated carbocycles. The van der Waals surface area contributed by atoms with Crippen molar-refractivity contribution in [3.05, 3.63) is 47.3 Å². The molecule has 0 fully saturated rings. The summed E-state index contributed by atoms with van der Waals surface area (Å²) < 4.78 is 13.2. The highest BCUT2D eigenvalue weighted by Crippen LogP contribution is 2.36. The Labute approximate surface area is 111 Å². The van der Waals surface area contributed by atoms with Gasteiger partial charge in [-0.2, -0.15) is 0 Å². The maximum atomic E-state index is 13.2. The largest absolute Gasteiger partial charge is 0.481 e. The number of carbonyl (C=O) groups is 1. The molecule has 0 aliphatic heterocycles. The van der Waals surface area contributed by atoms with E-state index in [-0.39, 0.29) is 11.7 Å². The van der Waals surface area contributed by atoms with Crippen LogP contribution in [0.15, 0.2) is 30.4 Å². The smallest absolute Gasteiger partial charge is 0.307 e. The number of halogens is 1. The van der Waals surface area contributed by atoms with E-state index in [4.69, 9.17) is 0 Å². The number of benzene rings is 1. The Balaban J connectivity index is 2.26. The van der Waals surface area contributed by atoms with Crippen molar-refractivity contribution in [1.82, 2.24) is 0 Å². The van der Waals surface area contributed by atoms with E-state index in [0.717, 1.165) is 0 Å². The van der Waals surface area contributed by atoms with Gasteiger partial charge in [0.15, 0.2) is 0 Å². The van der Waals surface area contributed by atoms with Crippen LogP contribution < -0.4 is 0 Å². The highest BCUT2D eigenvalue weighted by atomic mass is 19.1. The summed E-state index contributed by atoms with van der Waals surface area (Å²) in [5, 5.41) is 19.6. The zero-order valence-corrected chi connectivity index (χ0v) is 10.7. The summed E-state index contributed by atoms with van der Waals surface area (Å²) in [5.41, 5.74) is 1.03. The number of aliphatic hydroxyl groups is 1. The number of allylic oxidation sites excluding steroid dienone is 2. The van der Waals surface area contributed by atoms with Crippen molar-refractivity contribution in [2.45, 2.75) is 25.9 Å². The SMILES string of the molecule is Cc1cc(C(O)C2CC=CCC2C(=O)O)ccc1F. The number of aliphatic carboxylic acids is 1. The molecule has 3 atom stereocenters. The van der Waals surface area contributed by atoms with Crippen LogP contribution >= 0.6 is 0 Å². The van der Waals surface area contributed by atoms with Gasteiger partial charge in [0, 0.05) is 5.92 Å². The third-order valence-electron chi connectivity index (χ3n) is 3.73. The monoisotopic (exact) mass is 264 g/mol. The van der Waals surface area contributed by atoms with Crippen molar-refractivity contribution in [3.8, 4) is 0 Å². The van der Waals surface area contributed by atoms with E-state index in [9.17, 15) is 19.4 Å². The first-order valence-corrected chi connectivity index (χ1v) is 6.32. The Morgan fingerprint density at radius 2 is 2.05 bits per heavy atom. The van der Waals surface area contributed by atoms with Gasteiger partial charge >= 0.3 is 5.97 Å². The van der Waals surface area contributed by atoms with Crippen LogP contribution in [0.25, 0.3) is 0 Å². The summed E-state index contributed by atoms with van der Waals surface area (Å²) in [6.45, 7) is 1.63. The van der Waals surface area contributed by atoms with Crippen LogP contribution in [-0.2, 0) is 4.79 Å². The Hall–Kier alpha value is -1.68. The van der Waals surface area contributed by atoms with Crippen LogP contribution in [0.4, 0.5) is 4.39 Å². The molecule has 0 heterocycles. The molecule has 4 heteroatoms. The molecule has 19 heavy (non-hydrogen) atoms. The van der Waals surface area contributed by atoms with Gasteiger partial charge < -0.3 is 10.2 Å². The molecule has 102 valence electrons. The molecular formula is C15H17FO3. The predicted molar refractivity (Wildman–Crippen MR) is 69.1 cm³/mol. The van der Waals surface area contributed by atoms with Crippen molar-refractivity contribution in [2.75, 3.05) is 0 Å². The first-order chi connectivity index (χ1) is 9.00. The number of hydrogen-bond acceptors (Lipinski definition) is 2. The highest BCUT2D eigenvalue weighted by molar-refractivity contribution is 5.71. The average Bonchev–Trinajstić information content (AvgIpc) is 2.41. The van der Waals surface area contributed by atoms with E-state index in [1.165, 1.54) is 12.1 Å². The van der Waals surface area contributed by atoms with Gasteiger partial charge in [0.25, 0.3) is 0 Å². The first kappa shape index (κ1) is 13.7. The molecule has 3 nitrogen and oxygen atoms in total. The molecule has 0 spiro atoms. The normalized spacial score (nSPS) is 24.2. The maximum Gasteiger partial charge on any atom is 0.307 e. The van der Waals surface area contributed by atoms with Crippen molar-refractivity contribution in [1.29, 1.82) is 0 Å². The fourth-order valence-corrected chi connectivity index (χ4v) is 2.57. The first-order valence-electron chi connectivity index (χ1n) is 6.32. The second-order valence-electron chi connectivity index (χ2n) is 5.00. The topological polar surface area (TPSA) is 57.5 Å². The molecule has 2 N–H and O–H groups in total. The van der Waals surface area contributed by atoms with E-state index >= 15 is 0 Å². The second kappa shape index (κ2) is 5.53. The molecule has 1 aliphatic rings. The fourth-order valence-electron chi connectivity index (χ4n) is 2.57. The number of aryl methyl sites for hydroxylation is 1. The maximum absolute atomic E-state index is 13.2. The molecule has 3 unspecified atom stereocenters. The Bertz CT molecular complexity index is 510. The summed E-state index contributed by atoms with van der Waals surface area (Å²) in [7, 11) is 0. The van der Waals surface area contributed by atoms with Crippen LogP contribution in [0.2, 0.25) is 0 Å². The third-order valence-corrected chi connectivity index (χ3v) is 3.73. The lowest BCUT2D eigenvalue weighted by Gasteiger charge is -2.29. The van der Waals surface area contributed by atoms with Gasteiger partial charge in [-0.3, -0.25) is 4.79 Å². The second-order valence-corrected chi connectivity index (χ2v) is 5.00. The molecule has 0 radical (unpaired) electrons. The summed E-state index contributed by atoms with van der Waals surface area (Å²) in [6.07, 6.45) is 3.79. The number of aliphatic hydroxyl groups excluding tert-OH is 1. The van der Waals surface area contributed by atoms with Crippen molar-refractivity contribution in [3.63, 3.8) is 0 Å². The zero-order chi connectivity index (χ0) is 14.0. The lowest BCUT2D eigenvalue weighted by Crippen LogP contribution is -2.29. The molecule has 0 saturated heterocycles. The summed E-state index contributed by atoms with van der Waals surface area (Å²) >= 11 is 0. The van der Waals surface area contributed by atoms with Crippen LogP contribution in [0, 0.1) is 24.6 Å². The van der Waals surface area contributed by atoms with E-state index < -0.39 is 18.0 Å². The summed E-state index contributed by atoms with van der Waals surface area (Å²) in [5.74, 6) is -2.18. The van der Waals surface area contributed by atoms with Gasteiger partial charge in [0.05, 0.1) is 12.0 Å². The minimum atomic E-state index is -0.896. The van der Waals surface area contributed by atoms with Gasteiger partial charge in [-0.1, -0.05) is 24.3 Å². The van der Waals surface area contributed by atoms with E-state index in [2.05, 4.69) is 0 Å². The minimum absolute atomic E-state index is 0.325. The van der Waals surface area contributed by atoms with Crippen LogP contribution in [-0.4, -0.2) is 16.2 Å². The summed E-state index contributed by atoms with van der Waals surface area (Å²) in [4.78, 5) is 11.2. The molecule has 1 aromatic carbocycles. The number of carboxylic acid groups (broad SMARTS) is 1. The third kappa shape index (κ3) is 2.84. The molecule has 0 aromatic heterocycles. The van der Waals surface area contributed by atoms with E-state index in [0.29, 0.717) is 24.0 Å². The van der Waals surface area contributed by atoms with E-state index in [1.807, 2.05) is 12.2 Å². The highest BCUT2D eigenvalue weighted by Gasteiger charge is 2.34. The van der Waals surface area contributed by atoms with Gasteiger partial charge in [0.2, 0.25) is 0 Å². The van der Waals surface area contributed by atoms with Crippen LogP contribution in [0.3, 0.4) is 0 Å². The molecule has 1 aliphatic carbocycles. The average molecular weight is 264 g/mol. The standard InChI is InChI=1S/C15H17FO3/c1-9-8-10(6-7-13(9)16)14(17)11-4-2-3-5-12(11)15(18)19/h2-3,6-8,11-12,14,17H,4-5H2,1H3,(H,18,19). The number of hydrogen-bond donors (Lipinski definition) is 2. The Kier molecular flexibility index (Phi) is 4.00. The van der Waals surface area contributed by atoms with E-state index in [1.54, 1.807) is 13.0 Å². The van der Waals surface area contributed by atoms with Crippen LogP contribution in [0.5, 0.6) is 0 Å². The van der Waals surface area contributed by atoms with Gasteiger partial charge in [0.1, 0.15) is 5.82 Å². The van der Waals surface area contributed by atoms with Crippen molar-refractivity contribution in [2.24, 2.45) is 11.8 Å².